The molecule has 0 radical (unpaired) electrons. The Kier molecular flexibility index (Phi) is 2.32. The Bertz CT molecular complexity index is 584. The van der Waals surface area contributed by atoms with Gasteiger partial charge in [0, 0.05) is 24.7 Å². The third-order valence-corrected chi connectivity index (χ3v) is 3.22. The second-order valence-electron chi connectivity index (χ2n) is 4.60. The zero-order valence-corrected chi connectivity index (χ0v) is 9.81. The highest BCUT2D eigenvalue weighted by Crippen LogP contribution is 2.23. The molecule has 1 aliphatic rings. The van der Waals surface area contributed by atoms with Crippen molar-refractivity contribution in [1.82, 2.24) is 9.55 Å². The van der Waals surface area contributed by atoms with Gasteiger partial charge in [-0.25, -0.2) is 4.98 Å². The first-order valence-electron chi connectivity index (χ1n) is 5.86. The molecule has 2 aromatic rings. The molecule has 3 rings (SSSR count). The summed E-state index contributed by atoms with van der Waals surface area (Å²) in [5.41, 5.74) is 4.29. The normalized spacial score (nSPS) is 14.1. The van der Waals surface area contributed by atoms with E-state index in [4.69, 9.17) is 0 Å². The summed E-state index contributed by atoms with van der Waals surface area (Å²) < 4.78 is 2.04. The van der Waals surface area contributed by atoms with Crippen LogP contribution < -0.4 is 0 Å². The van der Waals surface area contributed by atoms with Gasteiger partial charge in [0.1, 0.15) is 0 Å². The van der Waals surface area contributed by atoms with Crippen molar-refractivity contribution in [2.45, 2.75) is 26.3 Å². The Balaban J connectivity index is 1.90. The fraction of sp³-hybridized carbons (Fsp3) is 0.286. The number of nitrogens with zero attached hydrogens (tertiary/aromatic N) is 2. The van der Waals surface area contributed by atoms with Gasteiger partial charge in [-0.2, -0.15) is 0 Å². The van der Waals surface area contributed by atoms with E-state index >= 15 is 0 Å². The number of aromatic nitrogens is 2. The Morgan fingerprint density at radius 1 is 1.35 bits per heavy atom. The SMILES string of the molecule is Cc1cn(Cc2ccc3c(c2)C(=O)CC3)cn1. The van der Waals surface area contributed by atoms with E-state index in [0.29, 0.717) is 6.42 Å². The zero-order valence-electron chi connectivity index (χ0n) is 9.81. The minimum absolute atomic E-state index is 0.281. The molecule has 1 aromatic heterocycles. The molecule has 17 heavy (non-hydrogen) atoms. The molecule has 3 nitrogen and oxygen atoms in total. The van der Waals surface area contributed by atoms with Crippen molar-refractivity contribution in [2.75, 3.05) is 0 Å². The predicted octanol–water partition coefficient (Wildman–Crippen LogP) is 2.37. The lowest BCUT2D eigenvalue weighted by atomic mass is 10.1. The van der Waals surface area contributed by atoms with Crippen molar-refractivity contribution < 1.29 is 4.79 Å². The number of hydrogen-bond donors (Lipinski definition) is 0. The number of carbonyl (C=O) groups is 1. The van der Waals surface area contributed by atoms with E-state index in [1.165, 1.54) is 5.56 Å². The van der Waals surface area contributed by atoms with Gasteiger partial charge in [-0.3, -0.25) is 4.79 Å². The highest BCUT2D eigenvalue weighted by molar-refractivity contribution is 6.00. The number of carbonyl (C=O) groups excluding carboxylic acids is 1. The van der Waals surface area contributed by atoms with Crippen molar-refractivity contribution in [1.29, 1.82) is 0 Å². The summed E-state index contributed by atoms with van der Waals surface area (Å²) in [4.78, 5) is 15.9. The maximum absolute atomic E-state index is 11.7. The molecule has 0 aliphatic heterocycles. The summed E-state index contributed by atoms with van der Waals surface area (Å²) in [6, 6.07) is 6.21. The summed E-state index contributed by atoms with van der Waals surface area (Å²) in [5.74, 6) is 0.281. The fourth-order valence-electron chi connectivity index (χ4n) is 2.35. The summed E-state index contributed by atoms with van der Waals surface area (Å²) in [7, 11) is 0. The molecule has 3 heteroatoms. The minimum Gasteiger partial charge on any atom is -0.333 e. The van der Waals surface area contributed by atoms with Crippen LogP contribution in [-0.2, 0) is 13.0 Å². The number of fused-ring (bicyclic) bond motifs is 1. The molecule has 0 spiro atoms. The molecule has 1 aliphatic carbocycles. The molecule has 0 N–H and O–H groups in total. The first-order valence-corrected chi connectivity index (χ1v) is 5.86. The third kappa shape index (κ3) is 1.88. The molecule has 0 atom stereocenters. The van der Waals surface area contributed by atoms with Crippen LogP contribution in [0.3, 0.4) is 0 Å². The molecule has 0 unspecified atom stereocenters. The van der Waals surface area contributed by atoms with Crippen molar-refractivity contribution in [2.24, 2.45) is 0 Å². The highest BCUT2D eigenvalue weighted by atomic mass is 16.1. The summed E-state index contributed by atoms with van der Waals surface area (Å²) >= 11 is 0. The van der Waals surface area contributed by atoms with Crippen LogP contribution in [0.5, 0.6) is 0 Å². The largest absolute Gasteiger partial charge is 0.333 e. The monoisotopic (exact) mass is 226 g/mol. The molecule has 0 saturated carbocycles. The predicted molar refractivity (Wildman–Crippen MR) is 65.2 cm³/mol. The van der Waals surface area contributed by atoms with E-state index in [0.717, 1.165) is 29.8 Å². The lowest BCUT2D eigenvalue weighted by molar-refractivity contribution is 0.0994. The van der Waals surface area contributed by atoms with Gasteiger partial charge in [0.2, 0.25) is 0 Å². The van der Waals surface area contributed by atoms with E-state index in [1.54, 1.807) is 0 Å². The number of aryl methyl sites for hydroxylation is 2. The summed E-state index contributed by atoms with van der Waals surface area (Å²) in [5, 5.41) is 0. The van der Waals surface area contributed by atoms with E-state index in [9.17, 15) is 4.79 Å². The van der Waals surface area contributed by atoms with Crippen molar-refractivity contribution in [3.05, 3.63) is 53.1 Å². The Morgan fingerprint density at radius 3 is 3.00 bits per heavy atom. The molecular weight excluding hydrogens is 212 g/mol. The third-order valence-electron chi connectivity index (χ3n) is 3.22. The first kappa shape index (κ1) is 10.3. The standard InChI is InChI=1S/C14H14N2O/c1-10-7-16(9-15-10)8-11-2-3-12-4-5-14(17)13(12)6-11/h2-3,6-7,9H,4-5,8H2,1H3. The molecule has 0 saturated heterocycles. The van der Waals surface area contributed by atoms with Gasteiger partial charge in [-0.1, -0.05) is 12.1 Å². The smallest absolute Gasteiger partial charge is 0.163 e. The van der Waals surface area contributed by atoms with Gasteiger partial charge in [0.25, 0.3) is 0 Å². The van der Waals surface area contributed by atoms with Crippen LogP contribution in [0.1, 0.15) is 33.6 Å². The summed E-state index contributed by atoms with van der Waals surface area (Å²) in [6.07, 6.45) is 5.40. The highest BCUT2D eigenvalue weighted by Gasteiger charge is 2.19. The minimum atomic E-state index is 0.281. The number of benzene rings is 1. The second kappa shape index (κ2) is 3.84. The number of ketones is 1. The Hall–Kier alpha value is -1.90. The molecule has 0 fully saturated rings. The topological polar surface area (TPSA) is 34.9 Å². The molecule has 86 valence electrons. The van der Waals surface area contributed by atoms with Gasteiger partial charge in [-0.05, 0) is 30.5 Å². The molecule has 1 heterocycles. The maximum Gasteiger partial charge on any atom is 0.163 e. The van der Waals surface area contributed by atoms with Crippen LogP contribution in [0.2, 0.25) is 0 Å². The molecular formula is C14H14N2O. The van der Waals surface area contributed by atoms with E-state index in [1.807, 2.05) is 30.1 Å². The van der Waals surface area contributed by atoms with Crippen LogP contribution in [0.4, 0.5) is 0 Å². The van der Waals surface area contributed by atoms with Crippen molar-refractivity contribution in [3.8, 4) is 0 Å². The van der Waals surface area contributed by atoms with Gasteiger partial charge in [0.05, 0.1) is 12.0 Å². The van der Waals surface area contributed by atoms with Crippen molar-refractivity contribution >= 4 is 5.78 Å². The van der Waals surface area contributed by atoms with Gasteiger partial charge in [0.15, 0.2) is 5.78 Å². The fourth-order valence-corrected chi connectivity index (χ4v) is 2.35. The zero-order chi connectivity index (χ0) is 11.8. The lowest BCUT2D eigenvalue weighted by Gasteiger charge is -2.05. The van der Waals surface area contributed by atoms with Gasteiger partial charge in [-0.15, -0.1) is 0 Å². The van der Waals surface area contributed by atoms with E-state index < -0.39 is 0 Å². The molecule has 0 bridgehead atoms. The second-order valence-corrected chi connectivity index (χ2v) is 4.60. The first-order chi connectivity index (χ1) is 8.22. The Morgan fingerprint density at radius 2 is 2.24 bits per heavy atom. The van der Waals surface area contributed by atoms with Gasteiger partial charge < -0.3 is 4.57 Å². The van der Waals surface area contributed by atoms with Gasteiger partial charge >= 0.3 is 0 Å². The number of imidazole rings is 1. The average molecular weight is 226 g/mol. The maximum atomic E-state index is 11.7. The van der Waals surface area contributed by atoms with E-state index in [-0.39, 0.29) is 5.78 Å². The van der Waals surface area contributed by atoms with Crippen LogP contribution in [0, 0.1) is 6.92 Å². The quantitative estimate of drug-likeness (QED) is 0.788. The Labute approximate surface area is 100 Å². The van der Waals surface area contributed by atoms with Crippen LogP contribution in [0.15, 0.2) is 30.7 Å². The lowest BCUT2D eigenvalue weighted by Crippen LogP contribution is -1.99. The van der Waals surface area contributed by atoms with Crippen molar-refractivity contribution in [3.63, 3.8) is 0 Å². The molecule has 0 amide bonds. The number of rotatable bonds is 2. The number of hydrogen-bond acceptors (Lipinski definition) is 2. The van der Waals surface area contributed by atoms with Crippen LogP contribution in [-0.4, -0.2) is 15.3 Å². The van der Waals surface area contributed by atoms with Crippen LogP contribution >= 0.6 is 0 Å². The average Bonchev–Trinajstić information content (AvgIpc) is 2.87. The van der Waals surface area contributed by atoms with Crippen LogP contribution in [0.25, 0.3) is 0 Å². The van der Waals surface area contributed by atoms with E-state index in [2.05, 4.69) is 17.1 Å². The number of Topliss-reactive ketones (excluding diaryl/α,β-unsaturated/α-hetero) is 1. The summed E-state index contributed by atoms with van der Waals surface area (Å²) in [6.45, 7) is 2.75. The molecule has 1 aromatic carbocycles.